The van der Waals surface area contributed by atoms with Crippen molar-refractivity contribution in [3.8, 4) is 0 Å². The Labute approximate surface area is 111 Å². The molecule has 1 aromatic rings. The normalized spacial score (nSPS) is 19.8. The van der Waals surface area contributed by atoms with Crippen LogP contribution >= 0.6 is 12.4 Å². The zero-order valence-electron chi connectivity index (χ0n) is 9.70. The van der Waals surface area contributed by atoms with E-state index in [1.54, 1.807) is 4.90 Å². The molecule has 1 aromatic carbocycles. The molecule has 1 fully saturated rings. The highest BCUT2D eigenvalue weighted by Gasteiger charge is 2.31. The van der Waals surface area contributed by atoms with Gasteiger partial charge in [-0.1, -0.05) is 30.3 Å². The summed E-state index contributed by atoms with van der Waals surface area (Å²) in [5, 5.41) is 11.6. The van der Waals surface area contributed by atoms with Crippen molar-refractivity contribution in [2.24, 2.45) is 0 Å². The molecule has 1 amide bonds. The van der Waals surface area contributed by atoms with Gasteiger partial charge in [-0.15, -0.1) is 12.4 Å². The van der Waals surface area contributed by atoms with Crippen LogP contribution in [0.3, 0.4) is 0 Å². The van der Waals surface area contributed by atoms with Crippen molar-refractivity contribution in [2.75, 3.05) is 19.6 Å². The predicted octanol–water partition coefficient (Wildman–Crippen LogP) is 0.666. The average Bonchev–Trinajstić information content (AvgIpc) is 2.29. The third kappa shape index (κ3) is 3.21. The first kappa shape index (κ1) is 14.5. The van der Waals surface area contributed by atoms with Crippen molar-refractivity contribution in [1.29, 1.82) is 0 Å². The molecule has 0 saturated carbocycles. The quantitative estimate of drug-likeness (QED) is 0.847. The number of carboxylic acids is 1. The summed E-state index contributed by atoms with van der Waals surface area (Å²) >= 11 is 0. The van der Waals surface area contributed by atoms with Gasteiger partial charge in [-0.25, -0.2) is 0 Å². The van der Waals surface area contributed by atoms with Gasteiger partial charge in [0.05, 0.1) is 6.54 Å². The number of amides is 1. The van der Waals surface area contributed by atoms with E-state index in [0.29, 0.717) is 13.1 Å². The number of benzene rings is 1. The highest BCUT2D eigenvalue weighted by molar-refractivity contribution is 5.85. The predicted molar refractivity (Wildman–Crippen MR) is 68.6 cm³/mol. The SMILES string of the molecule is Cl.O=C(O)CN1CCNC(=O)C1c1ccccc1. The van der Waals surface area contributed by atoms with Gasteiger partial charge in [0.25, 0.3) is 0 Å². The topological polar surface area (TPSA) is 69.6 Å². The van der Waals surface area contributed by atoms with Gasteiger partial charge >= 0.3 is 5.97 Å². The summed E-state index contributed by atoms with van der Waals surface area (Å²) in [6, 6.07) is 8.73. The Kier molecular flexibility index (Phi) is 5.12. The van der Waals surface area contributed by atoms with Crippen LogP contribution in [0.4, 0.5) is 0 Å². The molecule has 5 nitrogen and oxygen atoms in total. The number of carbonyl (C=O) groups excluding carboxylic acids is 1. The minimum absolute atomic E-state index is 0. The molecule has 1 unspecified atom stereocenters. The fourth-order valence-corrected chi connectivity index (χ4v) is 2.06. The largest absolute Gasteiger partial charge is 0.480 e. The number of piperazine rings is 1. The van der Waals surface area contributed by atoms with Crippen LogP contribution in [-0.2, 0) is 9.59 Å². The Morgan fingerprint density at radius 1 is 1.39 bits per heavy atom. The van der Waals surface area contributed by atoms with Crippen LogP contribution in [0.15, 0.2) is 30.3 Å². The standard InChI is InChI=1S/C12H14N2O3.ClH/c15-10(16)8-14-7-6-13-12(17)11(14)9-4-2-1-3-5-9;/h1-5,11H,6-8H2,(H,13,17)(H,15,16);1H. The van der Waals surface area contributed by atoms with E-state index in [4.69, 9.17) is 5.11 Å². The number of rotatable bonds is 3. The lowest BCUT2D eigenvalue weighted by Gasteiger charge is -2.33. The first-order valence-electron chi connectivity index (χ1n) is 5.47. The summed E-state index contributed by atoms with van der Waals surface area (Å²) < 4.78 is 0. The Balaban J connectivity index is 0.00000162. The molecule has 1 heterocycles. The molecule has 98 valence electrons. The van der Waals surface area contributed by atoms with Crippen molar-refractivity contribution in [1.82, 2.24) is 10.2 Å². The van der Waals surface area contributed by atoms with Gasteiger partial charge < -0.3 is 10.4 Å². The number of carboxylic acid groups (broad SMARTS) is 1. The maximum absolute atomic E-state index is 11.8. The second-order valence-electron chi connectivity index (χ2n) is 3.97. The molecule has 0 bridgehead atoms. The van der Waals surface area contributed by atoms with Crippen LogP contribution in [0.5, 0.6) is 0 Å². The summed E-state index contributed by atoms with van der Waals surface area (Å²) in [7, 11) is 0. The lowest BCUT2D eigenvalue weighted by atomic mass is 10.0. The molecule has 2 N–H and O–H groups in total. The van der Waals surface area contributed by atoms with Gasteiger partial charge in [0.1, 0.15) is 6.04 Å². The molecule has 1 aliphatic heterocycles. The van der Waals surface area contributed by atoms with Gasteiger partial charge in [-0.05, 0) is 5.56 Å². The zero-order chi connectivity index (χ0) is 12.3. The van der Waals surface area contributed by atoms with Crippen LogP contribution < -0.4 is 5.32 Å². The summed E-state index contributed by atoms with van der Waals surface area (Å²) in [6.45, 7) is 0.931. The van der Waals surface area contributed by atoms with Gasteiger partial charge in [-0.2, -0.15) is 0 Å². The van der Waals surface area contributed by atoms with E-state index >= 15 is 0 Å². The number of hydrogen-bond acceptors (Lipinski definition) is 3. The van der Waals surface area contributed by atoms with Gasteiger partial charge in [0.2, 0.25) is 5.91 Å². The molecule has 18 heavy (non-hydrogen) atoms. The minimum Gasteiger partial charge on any atom is -0.480 e. The lowest BCUT2D eigenvalue weighted by Crippen LogP contribution is -2.51. The molecular weight excluding hydrogens is 256 g/mol. The average molecular weight is 271 g/mol. The number of hydrogen-bond donors (Lipinski definition) is 2. The summed E-state index contributed by atoms with van der Waals surface area (Å²) in [4.78, 5) is 24.3. The highest BCUT2D eigenvalue weighted by atomic mass is 35.5. The number of aliphatic carboxylic acids is 1. The Morgan fingerprint density at radius 3 is 2.67 bits per heavy atom. The van der Waals surface area contributed by atoms with Crippen molar-refractivity contribution in [3.05, 3.63) is 35.9 Å². The molecule has 0 radical (unpaired) electrons. The second kappa shape index (κ2) is 6.37. The summed E-state index contributed by atoms with van der Waals surface area (Å²) in [5.74, 6) is -1.05. The molecule has 0 aliphatic carbocycles. The van der Waals surface area contributed by atoms with E-state index < -0.39 is 12.0 Å². The molecule has 1 atom stereocenters. The third-order valence-corrected chi connectivity index (χ3v) is 2.77. The minimum atomic E-state index is -0.916. The van der Waals surface area contributed by atoms with Crippen LogP contribution in [0.1, 0.15) is 11.6 Å². The highest BCUT2D eigenvalue weighted by Crippen LogP contribution is 2.22. The van der Waals surface area contributed by atoms with E-state index in [0.717, 1.165) is 5.56 Å². The fraction of sp³-hybridized carbons (Fsp3) is 0.333. The van der Waals surface area contributed by atoms with Gasteiger partial charge in [-0.3, -0.25) is 14.5 Å². The maximum Gasteiger partial charge on any atom is 0.317 e. The third-order valence-electron chi connectivity index (χ3n) is 2.77. The van der Waals surface area contributed by atoms with E-state index in [1.165, 1.54) is 0 Å². The summed E-state index contributed by atoms with van der Waals surface area (Å²) in [6.07, 6.45) is 0. The van der Waals surface area contributed by atoms with Crippen molar-refractivity contribution < 1.29 is 14.7 Å². The number of carbonyl (C=O) groups is 2. The molecule has 1 aliphatic rings. The second-order valence-corrected chi connectivity index (χ2v) is 3.97. The van der Waals surface area contributed by atoms with Gasteiger partial charge in [0.15, 0.2) is 0 Å². The Bertz CT molecular complexity index is 425. The first-order valence-corrected chi connectivity index (χ1v) is 5.47. The van der Waals surface area contributed by atoms with E-state index in [-0.39, 0.29) is 24.9 Å². The number of nitrogens with one attached hydrogen (secondary N) is 1. The summed E-state index contributed by atoms with van der Waals surface area (Å²) in [5.41, 5.74) is 0.825. The Hall–Kier alpha value is -1.59. The van der Waals surface area contributed by atoms with Crippen LogP contribution in [0, 0.1) is 0 Å². The van der Waals surface area contributed by atoms with Crippen LogP contribution in [0.2, 0.25) is 0 Å². The Morgan fingerprint density at radius 2 is 2.06 bits per heavy atom. The lowest BCUT2D eigenvalue weighted by molar-refractivity contribution is -0.141. The van der Waals surface area contributed by atoms with E-state index in [2.05, 4.69) is 5.32 Å². The molecule has 0 aromatic heterocycles. The molecule has 6 heteroatoms. The monoisotopic (exact) mass is 270 g/mol. The van der Waals surface area contributed by atoms with E-state index in [9.17, 15) is 9.59 Å². The first-order chi connectivity index (χ1) is 8.18. The zero-order valence-corrected chi connectivity index (χ0v) is 10.5. The van der Waals surface area contributed by atoms with Crippen LogP contribution in [0.25, 0.3) is 0 Å². The van der Waals surface area contributed by atoms with E-state index in [1.807, 2.05) is 30.3 Å². The van der Waals surface area contributed by atoms with Crippen molar-refractivity contribution >= 4 is 24.3 Å². The number of nitrogens with zero attached hydrogens (tertiary/aromatic N) is 1. The molecule has 1 saturated heterocycles. The van der Waals surface area contributed by atoms with Crippen molar-refractivity contribution in [2.45, 2.75) is 6.04 Å². The fourth-order valence-electron chi connectivity index (χ4n) is 2.06. The number of halogens is 1. The molecular formula is C12H15ClN2O3. The molecule has 2 rings (SSSR count). The van der Waals surface area contributed by atoms with Crippen LogP contribution in [-0.4, -0.2) is 41.5 Å². The van der Waals surface area contributed by atoms with Crippen molar-refractivity contribution in [3.63, 3.8) is 0 Å². The molecule has 0 spiro atoms. The smallest absolute Gasteiger partial charge is 0.317 e. The maximum atomic E-state index is 11.8. The van der Waals surface area contributed by atoms with Gasteiger partial charge in [0, 0.05) is 13.1 Å².